The van der Waals surface area contributed by atoms with Crippen LogP contribution in [0.3, 0.4) is 0 Å². The summed E-state index contributed by atoms with van der Waals surface area (Å²) in [6.45, 7) is 4.09. The highest BCUT2D eigenvalue weighted by atomic mass is 35.5. The summed E-state index contributed by atoms with van der Waals surface area (Å²) in [5.74, 6) is -5.09. The number of phenolic OH excluding ortho intramolecular Hbond substituents is 2. The number of hydrogen-bond donors (Lipinski definition) is 6. The van der Waals surface area contributed by atoms with Crippen LogP contribution in [0.1, 0.15) is 86.1 Å². The Morgan fingerprint density at radius 2 is 1.76 bits per heavy atom. The van der Waals surface area contributed by atoms with E-state index in [0.29, 0.717) is 19.7 Å². The van der Waals surface area contributed by atoms with Gasteiger partial charge >= 0.3 is 0 Å². The van der Waals surface area contributed by atoms with E-state index in [-0.39, 0.29) is 56.8 Å². The van der Waals surface area contributed by atoms with Crippen molar-refractivity contribution >= 4 is 52.3 Å². The molecule has 3 heterocycles. The van der Waals surface area contributed by atoms with E-state index in [0.717, 1.165) is 17.1 Å². The van der Waals surface area contributed by atoms with Crippen LogP contribution < -0.4 is 15.1 Å². The Kier molecular flexibility index (Phi) is 11.5. The summed E-state index contributed by atoms with van der Waals surface area (Å²) >= 11 is 6.40. The molecule has 62 heavy (non-hydrogen) atoms. The standard InChI is InChI=1S/C43H43ClN4O14/c1-19-17-47(11-12-60-19)26-14-32(61-20(2)37(26)52)62-28-16-43(58,29(18-49)45-46-42(57)22-8-7-21(13-25(22)44)48-30(50)9-10-31(48)51)15-24-34(28)41(56)36-35(39(24)54)38(53)23-5-4-6-27(59-3)33(23)40(36)55/h4-10,13,19-20,26,28,32,37,49,52,54,56,58H,11-12,14-18H2,1-3H3,(H,46,57)/b45-29+/t19-,20+,26?,28+,32+,37-,43+/m1/s1. The number of benzene rings is 3. The maximum atomic E-state index is 14.2. The molecule has 7 atom stereocenters. The van der Waals surface area contributed by atoms with E-state index >= 15 is 0 Å². The van der Waals surface area contributed by atoms with Crippen LogP contribution in [0.2, 0.25) is 5.02 Å². The number of fused-ring (bicyclic) bond motifs is 3. The Labute approximate surface area is 358 Å². The van der Waals surface area contributed by atoms with E-state index in [2.05, 4.69) is 15.4 Å². The van der Waals surface area contributed by atoms with Crippen molar-refractivity contribution in [3.63, 3.8) is 0 Å². The maximum absolute atomic E-state index is 14.2. The van der Waals surface area contributed by atoms with Crippen molar-refractivity contribution in [3.8, 4) is 17.2 Å². The molecule has 2 aliphatic carbocycles. The molecular weight excluding hydrogens is 832 g/mol. The van der Waals surface area contributed by atoms with Crippen LogP contribution in [0.15, 0.2) is 53.7 Å². The van der Waals surface area contributed by atoms with Gasteiger partial charge in [-0.25, -0.2) is 10.3 Å². The van der Waals surface area contributed by atoms with E-state index < -0.39 is 113 Å². The van der Waals surface area contributed by atoms with E-state index in [9.17, 15) is 49.5 Å². The summed E-state index contributed by atoms with van der Waals surface area (Å²) < 4.78 is 23.8. The zero-order chi connectivity index (χ0) is 44.4. The number of methoxy groups -OCH3 is 1. The summed E-state index contributed by atoms with van der Waals surface area (Å²) in [6, 6.07) is 7.68. The summed E-state index contributed by atoms with van der Waals surface area (Å²) in [7, 11) is 1.32. The number of ether oxygens (including phenoxy) is 4. The van der Waals surface area contributed by atoms with Crippen LogP contribution in [-0.4, -0.2) is 135 Å². The first-order chi connectivity index (χ1) is 29.6. The monoisotopic (exact) mass is 874 g/mol. The Morgan fingerprint density at radius 3 is 2.44 bits per heavy atom. The molecule has 0 aromatic heterocycles. The number of nitrogens with zero attached hydrogens (tertiary/aromatic N) is 3. The molecule has 2 saturated heterocycles. The number of anilines is 1. The number of phenols is 2. The van der Waals surface area contributed by atoms with Gasteiger partial charge in [-0.1, -0.05) is 23.7 Å². The highest BCUT2D eigenvalue weighted by Gasteiger charge is 2.50. The Morgan fingerprint density at radius 1 is 1.03 bits per heavy atom. The van der Waals surface area contributed by atoms with Gasteiger partial charge in [-0.15, -0.1) is 0 Å². The van der Waals surface area contributed by atoms with E-state index in [4.69, 9.17) is 30.5 Å². The average molecular weight is 875 g/mol. The Bertz CT molecular complexity index is 2460. The fourth-order valence-corrected chi connectivity index (χ4v) is 9.27. The lowest BCUT2D eigenvalue weighted by molar-refractivity contribution is -0.260. The first-order valence-corrected chi connectivity index (χ1v) is 20.2. The minimum Gasteiger partial charge on any atom is -0.507 e. The van der Waals surface area contributed by atoms with Crippen LogP contribution in [0.5, 0.6) is 17.2 Å². The molecule has 326 valence electrons. The van der Waals surface area contributed by atoms with E-state index in [1.807, 2.05) is 6.92 Å². The number of carbonyl (C=O) groups excluding carboxylic acids is 5. The van der Waals surface area contributed by atoms with E-state index in [1.54, 1.807) is 6.92 Å². The van der Waals surface area contributed by atoms with Gasteiger partial charge in [0.05, 0.1) is 83.4 Å². The quantitative estimate of drug-likeness (QED) is 0.0609. The molecule has 3 aromatic rings. The Balaban J connectivity index is 1.17. The number of aliphatic hydroxyl groups excluding tert-OH is 2. The van der Waals surface area contributed by atoms with Crippen LogP contribution in [-0.2, 0) is 30.2 Å². The predicted octanol–water partition coefficient (Wildman–Crippen LogP) is 2.06. The molecule has 19 heteroatoms. The van der Waals surface area contributed by atoms with Crippen molar-refractivity contribution in [2.45, 2.75) is 75.5 Å². The van der Waals surface area contributed by atoms with Crippen molar-refractivity contribution in [2.75, 3.05) is 38.3 Å². The third kappa shape index (κ3) is 7.35. The molecule has 0 saturated carbocycles. The van der Waals surface area contributed by atoms with Gasteiger partial charge in [0.2, 0.25) is 5.78 Å². The molecule has 3 aromatic carbocycles. The molecule has 0 bridgehead atoms. The number of imide groups is 1. The van der Waals surface area contributed by atoms with E-state index in [1.165, 1.54) is 43.5 Å². The second-order valence-corrected chi connectivity index (χ2v) is 16.2. The summed E-state index contributed by atoms with van der Waals surface area (Å²) in [6.07, 6.45) is -3.15. The van der Waals surface area contributed by atoms with Crippen LogP contribution in [0.25, 0.3) is 0 Å². The first kappa shape index (κ1) is 43.1. The number of morpholine rings is 1. The molecule has 5 aliphatic rings. The summed E-state index contributed by atoms with van der Waals surface area (Å²) in [4.78, 5) is 69.0. The van der Waals surface area contributed by atoms with Crippen molar-refractivity contribution in [1.29, 1.82) is 0 Å². The van der Waals surface area contributed by atoms with Gasteiger partial charge in [-0.3, -0.25) is 28.9 Å². The van der Waals surface area contributed by atoms with Gasteiger partial charge in [0, 0.05) is 67.2 Å². The third-order valence-corrected chi connectivity index (χ3v) is 12.4. The minimum atomic E-state index is -2.27. The van der Waals surface area contributed by atoms with Crippen LogP contribution in [0, 0.1) is 0 Å². The van der Waals surface area contributed by atoms with Gasteiger partial charge in [0.1, 0.15) is 22.8 Å². The third-order valence-electron chi connectivity index (χ3n) is 12.1. The van der Waals surface area contributed by atoms with Gasteiger partial charge < -0.3 is 44.5 Å². The van der Waals surface area contributed by atoms with Crippen LogP contribution >= 0.6 is 11.6 Å². The van der Waals surface area contributed by atoms with Gasteiger partial charge in [-0.05, 0) is 38.1 Å². The minimum absolute atomic E-state index is 0.0640. The van der Waals surface area contributed by atoms with Crippen molar-refractivity contribution in [3.05, 3.63) is 92.5 Å². The molecule has 0 radical (unpaired) electrons. The van der Waals surface area contributed by atoms with Crippen molar-refractivity contribution in [2.24, 2.45) is 5.10 Å². The zero-order valence-electron chi connectivity index (χ0n) is 33.7. The van der Waals surface area contributed by atoms with Crippen LogP contribution in [0.4, 0.5) is 5.69 Å². The highest BCUT2D eigenvalue weighted by molar-refractivity contribution is 6.35. The first-order valence-electron chi connectivity index (χ1n) is 19.8. The lowest BCUT2D eigenvalue weighted by atomic mass is 9.71. The topological polar surface area (TPSA) is 254 Å². The number of aliphatic hydroxyl groups is 3. The van der Waals surface area contributed by atoms with Gasteiger partial charge in [-0.2, -0.15) is 5.10 Å². The normalized spacial score (nSPS) is 27.5. The largest absolute Gasteiger partial charge is 0.507 e. The van der Waals surface area contributed by atoms with Gasteiger partial charge in [0.15, 0.2) is 12.1 Å². The number of carbonyl (C=O) groups is 5. The number of hydrazone groups is 1. The fourth-order valence-electron chi connectivity index (χ4n) is 9.01. The zero-order valence-corrected chi connectivity index (χ0v) is 34.4. The number of amides is 3. The second kappa shape index (κ2) is 16.6. The molecular formula is C43H43ClN4O14. The van der Waals surface area contributed by atoms with Crippen molar-refractivity contribution < 1.29 is 68.5 Å². The summed E-state index contributed by atoms with van der Waals surface area (Å²) in [5, 5.41) is 62.4. The maximum Gasteiger partial charge on any atom is 0.272 e. The molecule has 8 rings (SSSR count). The molecule has 3 aliphatic heterocycles. The molecule has 6 N–H and O–H groups in total. The second-order valence-electron chi connectivity index (χ2n) is 15.8. The summed E-state index contributed by atoms with van der Waals surface area (Å²) in [5.41, 5.74) is -2.06. The SMILES string of the molecule is COc1cccc2c1C(=O)c1c(O)c3c(c(O)c1C2=O)C[C@@](O)(/C(CO)=N/NC(=O)c1ccc(N2C(=O)C=CC2=O)cc1Cl)C[C@@H]3O[C@H]1CC(N2CCO[C@H](C)C2)[C@H](O)[C@H](C)O1. The lowest BCUT2D eigenvalue weighted by Gasteiger charge is -2.47. The number of hydrogen-bond acceptors (Lipinski definition) is 16. The molecule has 0 spiro atoms. The van der Waals surface area contributed by atoms with Crippen molar-refractivity contribution in [1.82, 2.24) is 10.3 Å². The number of rotatable bonds is 9. The molecule has 1 unspecified atom stereocenters. The highest BCUT2D eigenvalue weighted by Crippen LogP contribution is 2.53. The smallest absolute Gasteiger partial charge is 0.272 e. The fraction of sp³-hybridized carbons (Fsp3) is 0.395. The predicted molar refractivity (Wildman–Crippen MR) is 218 cm³/mol. The molecule has 3 amide bonds. The number of halogens is 1. The van der Waals surface area contributed by atoms with Gasteiger partial charge in [0.25, 0.3) is 17.7 Å². The number of nitrogens with one attached hydrogen (secondary N) is 1. The lowest BCUT2D eigenvalue weighted by Crippen LogP contribution is -2.59. The average Bonchev–Trinajstić information content (AvgIpc) is 3.58. The number of aromatic hydroxyl groups is 2. The number of ketones is 2. The molecule has 2 fully saturated rings. The molecule has 18 nitrogen and oxygen atoms in total. The Hall–Kier alpha value is -5.57.